The Balaban J connectivity index is 2.30. The van der Waals surface area contributed by atoms with Gasteiger partial charge in [0.15, 0.2) is 10.4 Å². The fraction of sp³-hybridized carbons (Fsp3) is 0.545. The molecule has 3 rings (SSSR count). The van der Waals surface area contributed by atoms with Crippen molar-refractivity contribution >= 4 is 23.4 Å². The van der Waals surface area contributed by atoms with Crippen molar-refractivity contribution in [3.05, 3.63) is 20.9 Å². The quantitative estimate of drug-likeness (QED) is 0.819. The van der Waals surface area contributed by atoms with E-state index in [1.54, 1.807) is 0 Å². The van der Waals surface area contributed by atoms with Crippen molar-refractivity contribution in [1.82, 2.24) is 19.5 Å². The van der Waals surface area contributed by atoms with Gasteiger partial charge in [0.25, 0.3) is 5.56 Å². The van der Waals surface area contributed by atoms with E-state index < -0.39 is 0 Å². The van der Waals surface area contributed by atoms with Crippen LogP contribution in [0.2, 0.25) is 0 Å². The van der Waals surface area contributed by atoms with E-state index in [4.69, 9.17) is 12.2 Å². The van der Waals surface area contributed by atoms with Crippen LogP contribution in [0, 0.1) is 4.77 Å². The number of nitrogens with zero attached hydrogens (tertiary/aromatic N) is 2. The number of nitrogens with one attached hydrogen (secondary N) is 2. The maximum atomic E-state index is 11.8. The van der Waals surface area contributed by atoms with E-state index in [-0.39, 0.29) is 5.56 Å². The molecular weight excluding hydrogens is 236 g/mol. The fourth-order valence-corrected chi connectivity index (χ4v) is 2.31. The molecule has 0 aromatic carbocycles. The van der Waals surface area contributed by atoms with Gasteiger partial charge in [0.1, 0.15) is 11.3 Å². The van der Waals surface area contributed by atoms with Crippen LogP contribution in [0.3, 0.4) is 0 Å². The van der Waals surface area contributed by atoms with Crippen LogP contribution in [0.25, 0.3) is 11.2 Å². The minimum Gasteiger partial charge on any atom is -0.336 e. The lowest BCUT2D eigenvalue weighted by Crippen LogP contribution is -2.14. The van der Waals surface area contributed by atoms with Crippen LogP contribution < -0.4 is 5.56 Å². The lowest BCUT2D eigenvalue weighted by molar-refractivity contribution is 0.668. The number of H-pyrrole nitrogens is 2. The molecule has 17 heavy (non-hydrogen) atoms. The normalized spacial score (nSPS) is 15.6. The van der Waals surface area contributed by atoms with Gasteiger partial charge in [-0.25, -0.2) is 4.98 Å². The Morgan fingerprint density at radius 1 is 1.47 bits per heavy atom. The first kappa shape index (κ1) is 10.7. The van der Waals surface area contributed by atoms with E-state index in [2.05, 4.69) is 21.9 Å². The molecule has 0 spiro atoms. The molecule has 90 valence electrons. The molecule has 1 fully saturated rings. The van der Waals surface area contributed by atoms with Gasteiger partial charge in [-0.15, -0.1) is 0 Å². The van der Waals surface area contributed by atoms with Gasteiger partial charge in [-0.2, -0.15) is 0 Å². The number of aromatic amines is 2. The van der Waals surface area contributed by atoms with E-state index >= 15 is 0 Å². The van der Waals surface area contributed by atoms with Crippen molar-refractivity contribution in [1.29, 1.82) is 0 Å². The summed E-state index contributed by atoms with van der Waals surface area (Å²) in [4.78, 5) is 22.2. The number of imidazole rings is 1. The molecule has 0 bridgehead atoms. The summed E-state index contributed by atoms with van der Waals surface area (Å²) in [5.41, 5.74) is 1.08. The molecule has 1 saturated carbocycles. The highest BCUT2D eigenvalue weighted by Gasteiger charge is 2.27. The fourth-order valence-electron chi connectivity index (χ4n) is 2.04. The van der Waals surface area contributed by atoms with E-state index in [1.165, 1.54) is 0 Å². The van der Waals surface area contributed by atoms with Crippen molar-refractivity contribution in [3.63, 3.8) is 0 Å². The molecule has 1 aliphatic carbocycles. The van der Waals surface area contributed by atoms with Gasteiger partial charge < -0.3 is 9.55 Å². The maximum absolute atomic E-state index is 11.8. The maximum Gasteiger partial charge on any atom is 0.277 e. The van der Waals surface area contributed by atoms with Crippen LogP contribution in [0.1, 0.15) is 37.9 Å². The summed E-state index contributed by atoms with van der Waals surface area (Å²) >= 11 is 5.18. The Labute approximate surface area is 103 Å². The van der Waals surface area contributed by atoms with Crippen LogP contribution in [0.15, 0.2) is 4.79 Å². The average molecular weight is 250 g/mol. The number of hydrogen-bond donors (Lipinski definition) is 2. The van der Waals surface area contributed by atoms with Gasteiger partial charge in [-0.05, 0) is 31.5 Å². The minimum absolute atomic E-state index is 0.170. The molecule has 0 radical (unpaired) electrons. The van der Waals surface area contributed by atoms with Crippen LogP contribution in [-0.4, -0.2) is 19.5 Å². The van der Waals surface area contributed by atoms with Crippen molar-refractivity contribution in [3.8, 4) is 0 Å². The predicted molar refractivity (Wildman–Crippen MR) is 67.8 cm³/mol. The Hall–Kier alpha value is -1.43. The second-order valence-corrected chi connectivity index (χ2v) is 4.89. The lowest BCUT2D eigenvalue weighted by Gasteiger charge is -2.04. The van der Waals surface area contributed by atoms with E-state index in [0.717, 1.165) is 31.6 Å². The Morgan fingerprint density at radius 3 is 2.88 bits per heavy atom. The zero-order valence-electron chi connectivity index (χ0n) is 9.62. The molecular formula is C11H14N4OS. The Kier molecular flexibility index (Phi) is 2.39. The summed E-state index contributed by atoms with van der Waals surface area (Å²) in [6.07, 6.45) is 3.28. The van der Waals surface area contributed by atoms with Crippen LogP contribution in [0.4, 0.5) is 0 Å². The summed E-state index contributed by atoms with van der Waals surface area (Å²) in [5.74, 6) is 1.43. The monoisotopic (exact) mass is 250 g/mol. The summed E-state index contributed by atoms with van der Waals surface area (Å²) in [5, 5.41) is 0. The largest absolute Gasteiger partial charge is 0.336 e. The molecule has 0 amide bonds. The van der Waals surface area contributed by atoms with Crippen LogP contribution in [-0.2, 0) is 6.54 Å². The first-order valence-electron chi connectivity index (χ1n) is 5.93. The molecule has 2 N–H and O–H groups in total. The average Bonchev–Trinajstić information content (AvgIpc) is 3.04. The zero-order valence-corrected chi connectivity index (χ0v) is 10.4. The number of rotatable bonds is 3. The van der Waals surface area contributed by atoms with Crippen molar-refractivity contribution < 1.29 is 0 Å². The number of hydrogen-bond acceptors (Lipinski definition) is 3. The van der Waals surface area contributed by atoms with Crippen molar-refractivity contribution in [2.75, 3.05) is 0 Å². The molecule has 1 aliphatic rings. The van der Waals surface area contributed by atoms with Gasteiger partial charge in [-0.3, -0.25) is 9.78 Å². The van der Waals surface area contributed by atoms with Crippen molar-refractivity contribution in [2.45, 2.75) is 38.6 Å². The summed E-state index contributed by atoms with van der Waals surface area (Å²) in [7, 11) is 0. The first-order chi connectivity index (χ1) is 8.20. The molecule has 0 saturated heterocycles. The third-order valence-electron chi connectivity index (χ3n) is 3.06. The number of aryl methyl sites for hydroxylation is 1. The third kappa shape index (κ3) is 1.72. The molecule has 2 heterocycles. The molecule has 6 heteroatoms. The Morgan fingerprint density at radius 2 is 2.24 bits per heavy atom. The predicted octanol–water partition coefficient (Wildman–Crippen LogP) is 2.07. The van der Waals surface area contributed by atoms with Gasteiger partial charge in [-0.1, -0.05) is 6.92 Å². The highest BCUT2D eigenvalue weighted by atomic mass is 32.1. The van der Waals surface area contributed by atoms with Gasteiger partial charge in [0.2, 0.25) is 0 Å². The Bertz CT molecular complexity index is 677. The first-order valence-corrected chi connectivity index (χ1v) is 6.34. The van der Waals surface area contributed by atoms with Gasteiger partial charge in [0.05, 0.1) is 0 Å². The zero-order chi connectivity index (χ0) is 12.0. The smallest absolute Gasteiger partial charge is 0.277 e. The molecule has 0 atom stereocenters. The van der Waals surface area contributed by atoms with Gasteiger partial charge in [0, 0.05) is 12.5 Å². The topological polar surface area (TPSA) is 66.5 Å². The van der Waals surface area contributed by atoms with E-state index in [9.17, 15) is 4.79 Å². The number of fused-ring (bicyclic) bond motifs is 1. The second-order valence-electron chi connectivity index (χ2n) is 4.51. The van der Waals surface area contributed by atoms with Gasteiger partial charge >= 0.3 is 0 Å². The number of aromatic nitrogens is 4. The molecule has 2 aromatic heterocycles. The minimum atomic E-state index is -0.170. The highest BCUT2D eigenvalue weighted by molar-refractivity contribution is 7.71. The molecule has 2 aromatic rings. The van der Waals surface area contributed by atoms with Crippen molar-refractivity contribution in [2.24, 2.45) is 0 Å². The third-order valence-corrected chi connectivity index (χ3v) is 3.39. The second kappa shape index (κ2) is 3.80. The van der Waals surface area contributed by atoms with E-state index in [0.29, 0.717) is 21.9 Å². The lowest BCUT2D eigenvalue weighted by atomic mass is 10.4. The van der Waals surface area contributed by atoms with E-state index in [1.807, 2.05) is 4.57 Å². The molecule has 0 aliphatic heterocycles. The summed E-state index contributed by atoms with van der Waals surface area (Å²) in [6.45, 7) is 2.86. The van der Waals surface area contributed by atoms with Crippen LogP contribution >= 0.6 is 12.2 Å². The summed E-state index contributed by atoms with van der Waals surface area (Å²) < 4.78 is 2.35. The standard InChI is InChI=1S/C11H14N4OS/c1-2-5-15-9-7(10(16)14-11(15)17)12-8(13-9)6-3-4-6/h6H,2-5H2,1H3,(H,12,13)(H,14,16,17). The SMILES string of the molecule is CCCn1c(=S)[nH]c(=O)c2[nH]c(C3CC3)nc21. The summed E-state index contributed by atoms with van der Waals surface area (Å²) in [6, 6.07) is 0. The molecule has 5 nitrogen and oxygen atoms in total. The van der Waals surface area contributed by atoms with Crippen LogP contribution in [0.5, 0.6) is 0 Å². The highest BCUT2D eigenvalue weighted by Crippen LogP contribution is 2.38. The molecule has 0 unspecified atom stereocenters.